The van der Waals surface area contributed by atoms with Crippen molar-refractivity contribution in [1.82, 2.24) is 9.38 Å². The van der Waals surface area contributed by atoms with Crippen molar-refractivity contribution in [2.45, 2.75) is 20.3 Å². The minimum Gasteiger partial charge on any atom is -0.490 e. The first-order valence-corrected chi connectivity index (χ1v) is 8.55. The van der Waals surface area contributed by atoms with E-state index in [1.165, 1.54) is 0 Å². The first-order valence-electron chi connectivity index (χ1n) is 8.55. The molecular formula is C19H19N3O4. The minimum atomic E-state index is -0.234. The maximum absolute atomic E-state index is 13.0. The van der Waals surface area contributed by atoms with Gasteiger partial charge in [0, 0.05) is 18.0 Å². The number of aromatic nitrogens is 2. The SMILES string of the molecule is CCOc1cccn2c(C(=O)Nc3ccc4c(c3)OCO4)c(CC)nc12. The summed E-state index contributed by atoms with van der Waals surface area (Å²) in [5.74, 6) is 1.72. The average molecular weight is 353 g/mol. The second-order valence-corrected chi connectivity index (χ2v) is 5.78. The average Bonchev–Trinajstić information content (AvgIpc) is 3.25. The fourth-order valence-electron chi connectivity index (χ4n) is 3.01. The van der Waals surface area contributed by atoms with E-state index in [4.69, 9.17) is 14.2 Å². The Morgan fingerprint density at radius 1 is 1.27 bits per heavy atom. The molecule has 26 heavy (non-hydrogen) atoms. The number of fused-ring (bicyclic) bond motifs is 2. The summed E-state index contributed by atoms with van der Waals surface area (Å²) in [6.07, 6.45) is 2.45. The molecule has 2 aromatic heterocycles. The van der Waals surface area contributed by atoms with E-state index in [0.29, 0.717) is 47.3 Å². The molecule has 7 heteroatoms. The van der Waals surface area contributed by atoms with Gasteiger partial charge in [0.25, 0.3) is 5.91 Å². The van der Waals surface area contributed by atoms with Gasteiger partial charge in [-0.25, -0.2) is 4.98 Å². The smallest absolute Gasteiger partial charge is 0.274 e. The molecule has 3 aromatic rings. The number of ether oxygens (including phenoxy) is 3. The number of aryl methyl sites for hydroxylation is 1. The van der Waals surface area contributed by atoms with Crippen LogP contribution in [0.15, 0.2) is 36.5 Å². The van der Waals surface area contributed by atoms with Crippen molar-refractivity contribution in [2.24, 2.45) is 0 Å². The van der Waals surface area contributed by atoms with Crippen LogP contribution in [0.2, 0.25) is 0 Å². The molecule has 1 aromatic carbocycles. The fraction of sp³-hybridized carbons (Fsp3) is 0.263. The second kappa shape index (κ2) is 6.59. The van der Waals surface area contributed by atoms with E-state index in [9.17, 15) is 4.79 Å². The zero-order valence-corrected chi connectivity index (χ0v) is 14.6. The van der Waals surface area contributed by atoms with Crippen LogP contribution in [-0.2, 0) is 6.42 Å². The molecule has 1 N–H and O–H groups in total. The van der Waals surface area contributed by atoms with E-state index >= 15 is 0 Å². The van der Waals surface area contributed by atoms with E-state index in [0.717, 1.165) is 5.69 Å². The Labute approximate surface area is 150 Å². The Hall–Kier alpha value is -3.22. The predicted molar refractivity (Wildman–Crippen MR) is 96.3 cm³/mol. The lowest BCUT2D eigenvalue weighted by molar-refractivity contribution is 0.102. The molecule has 1 amide bonds. The standard InChI is InChI=1S/C19H19N3O4/c1-3-13-17(22-9-5-6-15(24-4-2)18(22)21-13)19(23)20-12-7-8-14-16(10-12)26-11-25-14/h5-10H,3-4,11H2,1-2H3,(H,20,23). The molecule has 134 valence electrons. The molecular weight excluding hydrogens is 334 g/mol. The summed E-state index contributed by atoms with van der Waals surface area (Å²) in [5.41, 5.74) is 2.50. The summed E-state index contributed by atoms with van der Waals surface area (Å²) in [4.78, 5) is 17.6. The number of rotatable bonds is 5. The van der Waals surface area contributed by atoms with Gasteiger partial charge in [-0.15, -0.1) is 0 Å². The lowest BCUT2D eigenvalue weighted by Gasteiger charge is -2.08. The number of hydrogen-bond acceptors (Lipinski definition) is 5. The molecule has 0 saturated heterocycles. The highest BCUT2D eigenvalue weighted by atomic mass is 16.7. The molecule has 0 radical (unpaired) electrons. The third-order valence-electron chi connectivity index (χ3n) is 4.17. The molecule has 0 fully saturated rings. The Balaban J connectivity index is 1.71. The number of carbonyl (C=O) groups excluding carboxylic acids is 1. The summed E-state index contributed by atoms with van der Waals surface area (Å²) in [6.45, 7) is 4.62. The fourth-order valence-corrected chi connectivity index (χ4v) is 3.01. The van der Waals surface area contributed by atoms with Crippen LogP contribution in [0.3, 0.4) is 0 Å². The van der Waals surface area contributed by atoms with Crippen molar-refractivity contribution in [2.75, 3.05) is 18.7 Å². The quantitative estimate of drug-likeness (QED) is 0.762. The van der Waals surface area contributed by atoms with Crippen LogP contribution in [0.4, 0.5) is 5.69 Å². The number of imidazole rings is 1. The monoisotopic (exact) mass is 353 g/mol. The van der Waals surface area contributed by atoms with E-state index < -0.39 is 0 Å². The van der Waals surface area contributed by atoms with Crippen molar-refractivity contribution >= 4 is 17.2 Å². The maximum Gasteiger partial charge on any atom is 0.274 e. The highest BCUT2D eigenvalue weighted by Gasteiger charge is 2.21. The first-order chi connectivity index (χ1) is 12.7. The van der Waals surface area contributed by atoms with E-state index in [-0.39, 0.29) is 12.7 Å². The van der Waals surface area contributed by atoms with Crippen LogP contribution in [0.1, 0.15) is 30.0 Å². The van der Waals surface area contributed by atoms with Crippen LogP contribution in [0.5, 0.6) is 17.2 Å². The molecule has 7 nitrogen and oxygen atoms in total. The summed E-state index contributed by atoms with van der Waals surface area (Å²) in [5, 5.41) is 2.92. The number of pyridine rings is 1. The number of benzene rings is 1. The number of nitrogens with zero attached hydrogens (tertiary/aromatic N) is 2. The highest BCUT2D eigenvalue weighted by Crippen LogP contribution is 2.34. The van der Waals surface area contributed by atoms with Crippen LogP contribution < -0.4 is 19.5 Å². The summed E-state index contributed by atoms with van der Waals surface area (Å²) in [6, 6.07) is 9.01. The van der Waals surface area contributed by atoms with E-state index in [1.54, 1.807) is 22.6 Å². The lowest BCUT2D eigenvalue weighted by atomic mass is 10.2. The third-order valence-corrected chi connectivity index (χ3v) is 4.17. The molecule has 1 aliphatic rings. The molecule has 0 bridgehead atoms. The van der Waals surface area contributed by atoms with Gasteiger partial charge in [0.15, 0.2) is 22.9 Å². The first kappa shape index (κ1) is 16.3. The van der Waals surface area contributed by atoms with Crippen molar-refractivity contribution in [3.63, 3.8) is 0 Å². The van der Waals surface area contributed by atoms with Crippen molar-refractivity contribution in [3.8, 4) is 17.2 Å². The predicted octanol–water partition coefficient (Wildman–Crippen LogP) is 3.28. The minimum absolute atomic E-state index is 0.195. The molecule has 1 aliphatic heterocycles. The molecule has 4 rings (SSSR count). The Morgan fingerprint density at radius 2 is 2.12 bits per heavy atom. The molecule has 0 aliphatic carbocycles. The van der Waals surface area contributed by atoms with Crippen LogP contribution in [0, 0.1) is 0 Å². The largest absolute Gasteiger partial charge is 0.490 e. The number of nitrogens with one attached hydrogen (secondary N) is 1. The Bertz CT molecular complexity index is 980. The van der Waals surface area contributed by atoms with Gasteiger partial charge in [-0.2, -0.15) is 0 Å². The summed E-state index contributed by atoms with van der Waals surface area (Å²) >= 11 is 0. The van der Waals surface area contributed by atoms with Crippen molar-refractivity contribution in [1.29, 1.82) is 0 Å². The van der Waals surface area contributed by atoms with Crippen molar-refractivity contribution in [3.05, 3.63) is 47.9 Å². The molecule has 0 spiro atoms. The Kier molecular flexibility index (Phi) is 4.12. The normalized spacial score (nSPS) is 12.4. The highest BCUT2D eigenvalue weighted by molar-refractivity contribution is 6.04. The number of amides is 1. The maximum atomic E-state index is 13.0. The molecule has 3 heterocycles. The van der Waals surface area contributed by atoms with Gasteiger partial charge in [-0.3, -0.25) is 9.20 Å². The molecule has 0 saturated carbocycles. The Morgan fingerprint density at radius 3 is 2.92 bits per heavy atom. The van der Waals surface area contributed by atoms with Gasteiger partial charge in [-0.1, -0.05) is 6.92 Å². The summed E-state index contributed by atoms with van der Waals surface area (Å²) < 4.78 is 18.1. The van der Waals surface area contributed by atoms with E-state index in [1.807, 2.05) is 32.2 Å². The van der Waals surface area contributed by atoms with E-state index in [2.05, 4.69) is 10.3 Å². The number of anilines is 1. The van der Waals surface area contributed by atoms with Crippen LogP contribution in [-0.4, -0.2) is 28.7 Å². The lowest BCUT2D eigenvalue weighted by Crippen LogP contribution is -2.16. The van der Waals surface area contributed by atoms with Gasteiger partial charge < -0.3 is 19.5 Å². The van der Waals surface area contributed by atoms with Gasteiger partial charge in [0.2, 0.25) is 6.79 Å². The van der Waals surface area contributed by atoms with Gasteiger partial charge in [0.1, 0.15) is 5.69 Å². The van der Waals surface area contributed by atoms with Gasteiger partial charge >= 0.3 is 0 Å². The van der Waals surface area contributed by atoms with Crippen LogP contribution >= 0.6 is 0 Å². The number of hydrogen-bond donors (Lipinski definition) is 1. The van der Waals surface area contributed by atoms with Gasteiger partial charge in [-0.05, 0) is 37.6 Å². The van der Waals surface area contributed by atoms with Crippen molar-refractivity contribution < 1.29 is 19.0 Å². The molecule has 0 atom stereocenters. The van der Waals surface area contributed by atoms with Crippen LogP contribution in [0.25, 0.3) is 5.65 Å². The molecule has 0 unspecified atom stereocenters. The zero-order valence-electron chi connectivity index (χ0n) is 14.6. The topological polar surface area (TPSA) is 74.1 Å². The zero-order chi connectivity index (χ0) is 18.1. The number of carbonyl (C=O) groups is 1. The third kappa shape index (κ3) is 2.71. The summed E-state index contributed by atoms with van der Waals surface area (Å²) in [7, 11) is 0. The second-order valence-electron chi connectivity index (χ2n) is 5.78. The van der Waals surface area contributed by atoms with Gasteiger partial charge in [0.05, 0.1) is 12.3 Å².